The minimum absolute atomic E-state index is 0.236. The lowest BCUT2D eigenvalue weighted by molar-refractivity contribution is 0.570. The highest BCUT2D eigenvalue weighted by Crippen LogP contribution is 1.98. The maximum Gasteiger partial charge on any atom is 0.0247 e. The molecule has 0 heterocycles. The molecule has 0 fully saturated rings. The normalized spacial score (nSPS) is 15.6. The van der Waals surface area contributed by atoms with Crippen LogP contribution in [-0.2, 0) is 0 Å². The summed E-state index contributed by atoms with van der Waals surface area (Å²) in [6.07, 6.45) is 4.01. The van der Waals surface area contributed by atoms with Crippen LogP contribution in [0.3, 0.4) is 0 Å². The summed E-state index contributed by atoms with van der Waals surface area (Å²) < 4.78 is 0. The first-order valence-electron chi connectivity index (χ1n) is 3.07. The summed E-state index contributed by atoms with van der Waals surface area (Å²) in [6, 6.07) is 0.236. The summed E-state index contributed by atoms with van der Waals surface area (Å²) in [6.45, 7) is 6.22. The lowest BCUT2D eigenvalue weighted by Crippen LogP contribution is -2.23. The van der Waals surface area contributed by atoms with Crippen molar-refractivity contribution in [3.05, 3.63) is 12.2 Å². The molecule has 0 aliphatic rings. The molecule has 0 radical (unpaired) electrons. The van der Waals surface area contributed by atoms with Crippen molar-refractivity contribution in [1.29, 1.82) is 0 Å². The van der Waals surface area contributed by atoms with E-state index in [4.69, 9.17) is 5.73 Å². The van der Waals surface area contributed by atoms with Gasteiger partial charge in [0.2, 0.25) is 0 Å². The van der Waals surface area contributed by atoms with E-state index in [2.05, 4.69) is 13.8 Å². The quantitative estimate of drug-likeness (QED) is 0.540. The van der Waals surface area contributed by atoms with Crippen LogP contribution >= 0.6 is 0 Å². The summed E-state index contributed by atoms with van der Waals surface area (Å²) >= 11 is 0. The lowest BCUT2D eigenvalue weighted by Gasteiger charge is -2.08. The highest BCUT2D eigenvalue weighted by molar-refractivity contribution is 4.90. The van der Waals surface area contributed by atoms with E-state index < -0.39 is 0 Å². The Morgan fingerprint density at radius 1 is 1.38 bits per heavy atom. The minimum atomic E-state index is 0.236. The molecular weight excluding hydrogens is 98.1 g/mol. The maximum absolute atomic E-state index is 5.64. The van der Waals surface area contributed by atoms with E-state index in [0.717, 1.165) is 0 Å². The van der Waals surface area contributed by atoms with Crippen LogP contribution in [-0.4, -0.2) is 6.04 Å². The molecule has 0 saturated heterocycles. The van der Waals surface area contributed by atoms with E-state index in [1.165, 1.54) is 0 Å². The number of rotatable bonds is 2. The Labute approximate surface area is 51.6 Å². The lowest BCUT2D eigenvalue weighted by atomic mass is 10.1. The van der Waals surface area contributed by atoms with E-state index >= 15 is 0 Å². The summed E-state index contributed by atoms with van der Waals surface area (Å²) in [5.74, 6) is 0.561. The van der Waals surface area contributed by atoms with Gasteiger partial charge in [0.05, 0.1) is 0 Å². The van der Waals surface area contributed by atoms with Gasteiger partial charge in [-0.25, -0.2) is 0 Å². The molecule has 0 saturated carbocycles. The van der Waals surface area contributed by atoms with Crippen molar-refractivity contribution in [3.63, 3.8) is 0 Å². The van der Waals surface area contributed by atoms with Crippen molar-refractivity contribution < 1.29 is 0 Å². The molecule has 0 aliphatic heterocycles. The molecule has 0 spiro atoms. The second kappa shape index (κ2) is 3.67. The molecule has 48 valence electrons. The molecule has 0 rings (SSSR count). The zero-order chi connectivity index (χ0) is 6.57. The van der Waals surface area contributed by atoms with Crippen LogP contribution in [0.5, 0.6) is 0 Å². The molecule has 1 nitrogen and oxygen atoms in total. The number of allylic oxidation sites excluding steroid dienone is 1. The van der Waals surface area contributed by atoms with Gasteiger partial charge in [-0.2, -0.15) is 0 Å². The van der Waals surface area contributed by atoms with Gasteiger partial charge in [0.15, 0.2) is 0 Å². The van der Waals surface area contributed by atoms with Gasteiger partial charge in [-0.15, -0.1) is 0 Å². The van der Waals surface area contributed by atoms with Crippen LogP contribution < -0.4 is 5.73 Å². The molecule has 0 aromatic heterocycles. The van der Waals surface area contributed by atoms with Gasteiger partial charge in [-0.05, 0) is 12.8 Å². The summed E-state index contributed by atoms with van der Waals surface area (Å²) in [5, 5.41) is 0. The van der Waals surface area contributed by atoms with E-state index in [1.54, 1.807) is 0 Å². The predicted octanol–water partition coefficient (Wildman–Crippen LogP) is 1.55. The van der Waals surface area contributed by atoms with E-state index in [1.807, 2.05) is 19.1 Å². The van der Waals surface area contributed by atoms with Crippen LogP contribution in [0.1, 0.15) is 20.8 Å². The molecular formula is C7H15N. The predicted molar refractivity (Wildman–Crippen MR) is 37.6 cm³/mol. The van der Waals surface area contributed by atoms with Crippen molar-refractivity contribution in [3.8, 4) is 0 Å². The number of hydrogen-bond acceptors (Lipinski definition) is 1. The van der Waals surface area contributed by atoms with Gasteiger partial charge in [-0.3, -0.25) is 0 Å². The molecule has 8 heavy (non-hydrogen) atoms. The second-order valence-corrected chi connectivity index (χ2v) is 2.35. The van der Waals surface area contributed by atoms with Gasteiger partial charge in [-0.1, -0.05) is 26.0 Å². The smallest absolute Gasteiger partial charge is 0.0247 e. The van der Waals surface area contributed by atoms with E-state index in [-0.39, 0.29) is 6.04 Å². The van der Waals surface area contributed by atoms with Gasteiger partial charge in [0, 0.05) is 6.04 Å². The van der Waals surface area contributed by atoms with Crippen molar-refractivity contribution >= 4 is 0 Å². The first kappa shape index (κ1) is 7.70. The molecule has 0 aromatic rings. The Bertz CT molecular complexity index is 74.5. The molecule has 1 heteroatoms. The van der Waals surface area contributed by atoms with Crippen molar-refractivity contribution in [2.45, 2.75) is 26.8 Å². The van der Waals surface area contributed by atoms with Crippen molar-refractivity contribution in [1.82, 2.24) is 0 Å². The Kier molecular flexibility index (Phi) is 3.53. The van der Waals surface area contributed by atoms with Crippen LogP contribution in [0.15, 0.2) is 12.2 Å². The zero-order valence-corrected chi connectivity index (χ0v) is 5.89. The highest BCUT2D eigenvalue weighted by atomic mass is 14.6. The fraction of sp³-hybridized carbons (Fsp3) is 0.714. The first-order chi connectivity index (χ1) is 3.68. The van der Waals surface area contributed by atoms with Gasteiger partial charge in [0.1, 0.15) is 0 Å². The summed E-state index contributed by atoms with van der Waals surface area (Å²) in [4.78, 5) is 0. The van der Waals surface area contributed by atoms with Gasteiger partial charge < -0.3 is 5.73 Å². The van der Waals surface area contributed by atoms with Crippen LogP contribution in [0.25, 0.3) is 0 Å². The fourth-order valence-corrected chi connectivity index (χ4v) is 0.444. The molecule has 1 atom stereocenters. The second-order valence-electron chi connectivity index (χ2n) is 2.35. The van der Waals surface area contributed by atoms with Crippen LogP contribution in [0.4, 0.5) is 0 Å². The van der Waals surface area contributed by atoms with E-state index in [9.17, 15) is 0 Å². The molecule has 0 bridgehead atoms. The molecule has 0 aromatic carbocycles. The van der Waals surface area contributed by atoms with Crippen molar-refractivity contribution in [2.24, 2.45) is 11.7 Å². The minimum Gasteiger partial charge on any atom is -0.324 e. The Morgan fingerprint density at radius 3 is 2.00 bits per heavy atom. The average molecular weight is 113 g/mol. The van der Waals surface area contributed by atoms with Gasteiger partial charge >= 0.3 is 0 Å². The number of hydrogen-bond donors (Lipinski definition) is 1. The van der Waals surface area contributed by atoms with Gasteiger partial charge in [0.25, 0.3) is 0 Å². The Hall–Kier alpha value is -0.300. The monoisotopic (exact) mass is 113 g/mol. The largest absolute Gasteiger partial charge is 0.324 e. The fourth-order valence-electron chi connectivity index (χ4n) is 0.444. The maximum atomic E-state index is 5.64. The number of nitrogens with two attached hydrogens (primary N) is 1. The average Bonchev–Trinajstić information content (AvgIpc) is 1.67. The third-order valence-corrected chi connectivity index (χ3v) is 1.18. The third-order valence-electron chi connectivity index (χ3n) is 1.18. The summed E-state index contributed by atoms with van der Waals surface area (Å²) in [5.41, 5.74) is 5.64. The molecule has 0 aliphatic carbocycles. The topological polar surface area (TPSA) is 26.0 Å². The molecule has 0 unspecified atom stereocenters. The highest BCUT2D eigenvalue weighted by Gasteiger charge is 1.99. The van der Waals surface area contributed by atoms with Crippen molar-refractivity contribution in [2.75, 3.05) is 0 Å². The first-order valence-corrected chi connectivity index (χ1v) is 3.07. The summed E-state index contributed by atoms with van der Waals surface area (Å²) in [7, 11) is 0. The third kappa shape index (κ3) is 2.80. The van der Waals surface area contributed by atoms with E-state index in [0.29, 0.717) is 5.92 Å². The Morgan fingerprint density at radius 2 is 1.88 bits per heavy atom. The standard InChI is InChI=1S/C7H15N/c1-4-5-7(8)6(2)3/h4-7H,8H2,1-3H3/b5-4+/t7-/m0/s1. The zero-order valence-electron chi connectivity index (χ0n) is 5.89. The molecule has 2 N–H and O–H groups in total. The van der Waals surface area contributed by atoms with Crippen LogP contribution in [0, 0.1) is 5.92 Å². The van der Waals surface area contributed by atoms with Crippen LogP contribution in [0.2, 0.25) is 0 Å². The SMILES string of the molecule is C/C=C/[C@H](N)C(C)C. The molecule has 0 amide bonds. The Balaban J connectivity index is 3.47.